The summed E-state index contributed by atoms with van der Waals surface area (Å²) in [6.45, 7) is 0. The van der Waals surface area contributed by atoms with E-state index >= 15 is 0 Å². The van der Waals surface area contributed by atoms with Crippen molar-refractivity contribution in [3.05, 3.63) is 160 Å². The molecule has 0 heterocycles. The van der Waals surface area contributed by atoms with Crippen LogP contribution in [0.5, 0.6) is 5.75 Å². The third kappa shape index (κ3) is 9.04. The zero-order valence-corrected chi connectivity index (χ0v) is 27.4. The van der Waals surface area contributed by atoms with Gasteiger partial charge in [-0.2, -0.15) is 0 Å². The van der Waals surface area contributed by atoms with Gasteiger partial charge in [0.05, 0.1) is 12.8 Å². The number of halogens is 2. The molecule has 3 N–H and O–H groups in total. The first-order chi connectivity index (χ1) is 22.8. The van der Waals surface area contributed by atoms with E-state index < -0.39 is 17.1 Å². The molecule has 1 unspecified atom stereocenters. The summed E-state index contributed by atoms with van der Waals surface area (Å²) in [5, 5.41) is 8.71. The van der Waals surface area contributed by atoms with Gasteiger partial charge in [-0.05, 0) is 77.9 Å². The maximum atomic E-state index is 13.6. The van der Waals surface area contributed by atoms with Crippen molar-refractivity contribution in [1.82, 2.24) is 5.32 Å². The van der Waals surface area contributed by atoms with Gasteiger partial charge in [0.1, 0.15) is 16.7 Å². The van der Waals surface area contributed by atoms with Crippen LogP contribution in [-0.4, -0.2) is 24.8 Å². The van der Waals surface area contributed by atoms with Gasteiger partial charge >= 0.3 is 0 Å². The molecule has 0 aromatic heterocycles. The molecular weight excluding hydrogens is 653 g/mol. The quantitative estimate of drug-likeness (QED) is 0.0956. The summed E-state index contributed by atoms with van der Waals surface area (Å²) in [4.78, 5) is 40.8. The van der Waals surface area contributed by atoms with Crippen LogP contribution in [0.25, 0.3) is 6.08 Å². The highest BCUT2D eigenvalue weighted by atomic mass is 35.5. The van der Waals surface area contributed by atoms with E-state index in [0.717, 1.165) is 10.5 Å². The van der Waals surface area contributed by atoms with Gasteiger partial charge in [-0.3, -0.25) is 14.4 Å². The van der Waals surface area contributed by atoms with Crippen LogP contribution in [0.4, 0.5) is 11.4 Å². The number of carbonyl (C=O) groups is 3. The predicted molar refractivity (Wildman–Crippen MR) is 190 cm³/mol. The molecule has 0 saturated heterocycles. The highest BCUT2D eigenvalue weighted by molar-refractivity contribution is 8.00. The smallest absolute Gasteiger partial charge is 0.272 e. The number of ether oxygens (including phenoxy) is 1. The molecule has 0 fully saturated rings. The molecule has 10 heteroatoms. The fourth-order valence-corrected chi connectivity index (χ4v) is 6.00. The number of amides is 3. The minimum Gasteiger partial charge on any atom is -0.495 e. The first kappa shape index (κ1) is 33.3. The van der Waals surface area contributed by atoms with Crippen molar-refractivity contribution < 1.29 is 19.1 Å². The number of rotatable bonds is 11. The number of hydrogen-bond donors (Lipinski definition) is 3. The fraction of sp³-hybridized carbons (Fsp3) is 0.0541. The number of anilines is 2. The summed E-state index contributed by atoms with van der Waals surface area (Å²) in [6, 6.07) is 37.2. The van der Waals surface area contributed by atoms with Gasteiger partial charge in [0.15, 0.2) is 0 Å². The molecule has 1 atom stereocenters. The number of thioether (sulfide) groups is 1. The van der Waals surface area contributed by atoms with Crippen molar-refractivity contribution in [3.8, 4) is 5.75 Å². The molecule has 5 aromatic rings. The van der Waals surface area contributed by atoms with E-state index in [-0.39, 0.29) is 11.6 Å². The largest absolute Gasteiger partial charge is 0.495 e. The Morgan fingerprint density at radius 1 is 0.766 bits per heavy atom. The number of nitrogens with one attached hydrogen (secondary N) is 3. The second-order valence-electron chi connectivity index (χ2n) is 10.1. The maximum absolute atomic E-state index is 13.6. The van der Waals surface area contributed by atoms with Crippen LogP contribution in [0, 0.1) is 0 Å². The van der Waals surface area contributed by atoms with Crippen LogP contribution in [0.15, 0.2) is 138 Å². The lowest BCUT2D eigenvalue weighted by molar-refractivity contribution is -0.116. The van der Waals surface area contributed by atoms with E-state index in [2.05, 4.69) is 16.0 Å². The Morgan fingerprint density at radius 3 is 2.11 bits per heavy atom. The van der Waals surface area contributed by atoms with Gasteiger partial charge in [-0.25, -0.2) is 0 Å². The average Bonchev–Trinajstić information content (AvgIpc) is 3.09. The number of carbonyl (C=O) groups excluding carboxylic acids is 3. The van der Waals surface area contributed by atoms with Crippen LogP contribution < -0.4 is 20.7 Å². The lowest BCUT2D eigenvalue weighted by atomic mass is 10.1. The van der Waals surface area contributed by atoms with Crippen LogP contribution in [-0.2, 0) is 9.59 Å². The van der Waals surface area contributed by atoms with Crippen molar-refractivity contribution in [2.24, 2.45) is 0 Å². The van der Waals surface area contributed by atoms with E-state index in [4.69, 9.17) is 27.9 Å². The summed E-state index contributed by atoms with van der Waals surface area (Å²) in [5.41, 5.74) is 2.75. The Kier molecular flexibility index (Phi) is 11.4. The van der Waals surface area contributed by atoms with E-state index in [1.807, 2.05) is 54.6 Å². The Hall–Kier alpha value is -5.02. The average molecular weight is 683 g/mol. The lowest BCUT2D eigenvalue weighted by Crippen LogP contribution is -2.30. The van der Waals surface area contributed by atoms with Crippen LogP contribution in [0.3, 0.4) is 0 Å². The zero-order valence-electron chi connectivity index (χ0n) is 25.1. The molecule has 0 aliphatic rings. The molecule has 5 rings (SSSR count). The third-order valence-corrected chi connectivity index (χ3v) is 8.69. The Morgan fingerprint density at radius 2 is 1.43 bits per heavy atom. The molecular formula is C37H29Cl2N3O4S. The van der Waals surface area contributed by atoms with Gasteiger partial charge in [0.25, 0.3) is 11.8 Å². The van der Waals surface area contributed by atoms with Crippen molar-refractivity contribution in [2.75, 3.05) is 17.7 Å². The number of para-hydroxylation sites is 2. The molecule has 5 aromatic carbocycles. The summed E-state index contributed by atoms with van der Waals surface area (Å²) in [5.74, 6) is -0.668. The number of hydrogen-bond acceptors (Lipinski definition) is 5. The molecule has 0 radical (unpaired) electrons. The first-order valence-electron chi connectivity index (χ1n) is 14.4. The third-order valence-electron chi connectivity index (χ3n) is 6.86. The number of benzene rings is 5. The molecule has 236 valence electrons. The van der Waals surface area contributed by atoms with Crippen molar-refractivity contribution in [2.45, 2.75) is 10.1 Å². The summed E-state index contributed by atoms with van der Waals surface area (Å²) in [7, 11) is 1.55. The summed E-state index contributed by atoms with van der Waals surface area (Å²) in [6.07, 6.45) is 1.49. The lowest BCUT2D eigenvalue weighted by Gasteiger charge is -2.18. The number of methoxy groups -OCH3 is 1. The second kappa shape index (κ2) is 16.0. The summed E-state index contributed by atoms with van der Waals surface area (Å²) >= 11 is 13.8. The predicted octanol–water partition coefficient (Wildman–Crippen LogP) is 8.88. The normalized spacial score (nSPS) is 11.7. The minimum atomic E-state index is -0.576. The maximum Gasteiger partial charge on any atom is 0.272 e. The molecule has 0 aliphatic carbocycles. The standard InChI is InChI=1S/C37H29Cl2N3O4S/c1-46-33-15-9-8-14-31(33)41-37(45)34(24-10-4-2-5-11-24)47-29-20-18-28(19-21-29)40-36(44)32(22-26-16-17-27(38)23-30(26)39)42-35(43)25-12-6-3-7-13-25/h2-23,34H,1H3,(H,40,44)(H,41,45)(H,42,43)/b32-22-. The van der Waals surface area contributed by atoms with Crippen LogP contribution in [0.2, 0.25) is 10.0 Å². The Labute approximate surface area is 287 Å². The van der Waals surface area contributed by atoms with Gasteiger partial charge in [0.2, 0.25) is 5.91 Å². The van der Waals surface area contributed by atoms with Gasteiger partial charge in [-0.1, -0.05) is 89.9 Å². The topological polar surface area (TPSA) is 96.5 Å². The summed E-state index contributed by atoms with van der Waals surface area (Å²) < 4.78 is 5.40. The zero-order chi connectivity index (χ0) is 33.2. The fourth-order valence-electron chi connectivity index (χ4n) is 4.51. The highest BCUT2D eigenvalue weighted by Gasteiger charge is 2.23. The van der Waals surface area contributed by atoms with E-state index in [0.29, 0.717) is 38.3 Å². The monoisotopic (exact) mass is 681 g/mol. The van der Waals surface area contributed by atoms with Crippen molar-refractivity contribution in [1.29, 1.82) is 0 Å². The van der Waals surface area contributed by atoms with Crippen LogP contribution in [0.1, 0.15) is 26.7 Å². The van der Waals surface area contributed by atoms with E-state index in [1.165, 1.54) is 17.8 Å². The highest BCUT2D eigenvalue weighted by Crippen LogP contribution is 2.37. The molecule has 0 spiro atoms. The van der Waals surface area contributed by atoms with Crippen molar-refractivity contribution in [3.63, 3.8) is 0 Å². The van der Waals surface area contributed by atoms with Gasteiger partial charge < -0.3 is 20.7 Å². The first-order valence-corrected chi connectivity index (χ1v) is 16.0. The molecule has 0 aliphatic heterocycles. The van der Waals surface area contributed by atoms with Gasteiger partial charge in [-0.15, -0.1) is 11.8 Å². The SMILES string of the molecule is COc1ccccc1NC(=O)C(Sc1ccc(NC(=O)/C(=C/c2ccc(Cl)cc2Cl)NC(=O)c2ccccc2)cc1)c1ccccc1. The van der Waals surface area contributed by atoms with E-state index in [9.17, 15) is 14.4 Å². The molecule has 7 nitrogen and oxygen atoms in total. The molecule has 0 bridgehead atoms. The van der Waals surface area contributed by atoms with Gasteiger partial charge in [0, 0.05) is 26.2 Å². The molecule has 0 saturated carbocycles. The Bertz CT molecular complexity index is 1900. The Balaban J connectivity index is 1.34. The van der Waals surface area contributed by atoms with Crippen LogP contribution >= 0.6 is 35.0 Å². The second-order valence-corrected chi connectivity index (χ2v) is 12.1. The molecule has 3 amide bonds. The minimum absolute atomic E-state index is 0.0151. The van der Waals surface area contributed by atoms with E-state index in [1.54, 1.807) is 79.9 Å². The molecule has 47 heavy (non-hydrogen) atoms. The van der Waals surface area contributed by atoms with Crippen molar-refractivity contribution >= 4 is 70.1 Å².